The van der Waals surface area contributed by atoms with Crippen LogP contribution in [0.3, 0.4) is 0 Å². The van der Waals surface area contributed by atoms with Gasteiger partial charge in [0.2, 0.25) is 0 Å². The number of amides is 1. The van der Waals surface area contributed by atoms with Gasteiger partial charge in [-0.25, -0.2) is 0 Å². The highest BCUT2D eigenvalue weighted by atomic mass is 16.5. The first-order chi connectivity index (χ1) is 8.58. The molecule has 0 saturated carbocycles. The molecule has 0 aliphatic heterocycles. The molecule has 4 heteroatoms. The number of nitrogens with two attached hydrogens (primary N) is 1. The third kappa shape index (κ3) is 2.43. The Bertz CT molecular complexity index is 593. The molecule has 0 aromatic heterocycles. The SMILES string of the molecule is Cc1cc(Oc2ccccc2C(N)=O)ccc1O. The van der Waals surface area contributed by atoms with Crippen LogP contribution >= 0.6 is 0 Å². The van der Waals surface area contributed by atoms with Gasteiger partial charge in [0.15, 0.2) is 0 Å². The van der Waals surface area contributed by atoms with Crippen LogP contribution in [-0.2, 0) is 0 Å². The summed E-state index contributed by atoms with van der Waals surface area (Å²) in [4.78, 5) is 11.2. The van der Waals surface area contributed by atoms with E-state index in [0.29, 0.717) is 22.6 Å². The molecule has 4 nitrogen and oxygen atoms in total. The molecule has 0 atom stereocenters. The van der Waals surface area contributed by atoms with Gasteiger partial charge in [0.25, 0.3) is 5.91 Å². The normalized spacial score (nSPS) is 10.1. The maximum atomic E-state index is 11.2. The van der Waals surface area contributed by atoms with E-state index >= 15 is 0 Å². The first-order valence-corrected chi connectivity index (χ1v) is 5.44. The van der Waals surface area contributed by atoms with Gasteiger partial charge in [0, 0.05) is 0 Å². The number of phenols is 1. The number of hydrogen-bond donors (Lipinski definition) is 2. The predicted octanol–water partition coefficient (Wildman–Crippen LogP) is 2.59. The van der Waals surface area contributed by atoms with E-state index in [1.54, 1.807) is 43.3 Å². The molecule has 0 fully saturated rings. The van der Waals surface area contributed by atoms with Gasteiger partial charge >= 0.3 is 0 Å². The van der Waals surface area contributed by atoms with E-state index in [0.717, 1.165) is 0 Å². The van der Waals surface area contributed by atoms with Gasteiger partial charge in [-0.2, -0.15) is 0 Å². The minimum atomic E-state index is -0.541. The summed E-state index contributed by atoms with van der Waals surface area (Å²) in [6.07, 6.45) is 0. The van der Waals surface area contributed by atoms with Gasteiger partial charge in [0.05, 0.1) is 5.56 Å². The number of carbonyl (C=O) groups excluding carboxylic acids is 1. The van der Waals surface area contributed by atoms with Crippen LogP contribution in [0.2, 0.25) is 0 Å². The lowest BCUT2D eigenvalue weighted by molar-refractivity contribution is 0.0998. The zero-order valence-electron chi connectivity index (χ0n) is 9.88. The number of hydrogen-bond acceptors (Lipinski definition) is 3. The van der Waals surface area contributed by atoms with Crippen molar-refractivity contribution in [3.63, 3.8) is 0 Å². The number of rotatable bonds is 3. The van der Waals surface area contributed by atoms with Crippen LogP contribution in [-0.4, -0.2) is 11.0 Å². The van der Waals surface area contributed by atoms with E-state index in [4.69, 9.17) is 10.5 Å². The van der Waals surface area contributed by atoms with Crippen LogP contribution < -0.4 is 10.5 Å². The summed E-state index contributed by atoms with van der Waals surface area (Å²) >= 11 is 0. The van der Waals surface area contributed by atoms with Crippen molar-refractivity contribution in [3.05, 3.63) is 53.6 Å². The van der Waals surface area contributed by atoms with Crippen LogP contribution in [0.15, 0.2) is 42.5 Å². The summed E-state index contributed by atoms with van der Waals surface area (Å²) in [6, 6.07) is 11.6. The molecule has 2 aromatic carbocycles. The maximum Gasteiger partial charge on any atom is 0.252 e. The standard InChI is InChI=1S/C14H13NO3/c1-9-8-10(6-7-12(9)16)18-13-5-3-2-4-11(13)14(15)17/h2-8,16H,1H3,(H2,15,17). The van der Waals surface area contributed by atoms with Crippen molar-refractivity contribution >= 4 is 5.91 Å². The first-order valence-electron chi connectivity index (χ1n) is 5.44. The maximum absolute atomic E-state index is 11.2. The number of primary amides is 1. The van der Waals surface area contributed by atoms with Crippen molar-refractivity contribution in [1.82, 2.24) is 0 Å². The zero-order valence-corrected chi connectivity index (χ0v) is 9.88. The Morgan fingerprint density at radius 3 is 2.61 bits per heavy atom. The Balaban J connectivity index is 2.34. The summed E-state index contributed by atoms with van der Waals surface area (Å²) in [5, 5.41) is 9.42. The molecule has 0 unspecified atom stereocenters. The molecule has 0 bridgehead atoms. The molecule has 0 saturated heterocycles. The zero-order chi connectivity index (χ0) is 13.1. The van der Waals surface area contributed by atoms with Crippen LogP contribution in [0.25, 0.3) is 0 Å². The van der Waals surface area contributed by atoms with Crippen LogP contribution in [0.5, 0.6) is 17.2 Å². The van der Waals surface area contributed by atoms with Gasteiger partial charge in [-0.3, -0.25) is 4.79 Å². The second-order valence-electron chi connectivity index (χ2n) is 3.91. The summed E-state index contributed by atoms with van der Waals surface area (Å²) in [5.41, 5.74) is 6.28. The Morgan fingerprint density at radius 1 is 1.22 bits per heavy atom. The number of benzene rings is 2. The molecule has 18 heavy (non-hydrogen) atoms. The number of para-hydroxylation sites is 1. The lowest BCUT2D eigenvalue weighted by atomic mass is 10.2. The fourth-order valence-electron chi connectivity index (χ4n) is 1.58. The largest absolute Gasteiger partial charge is 0.508 e. The number of aryl methyl sites for hydroxylation is 1. The smallest absolute Gasteiger partial charge is 0.252 e. The summed E-state index contributed by atoms with van der Waals surface area (Å²) in [5.74, 6) is 0.598. The van der Waals surface area contributed by atoms with Gasteiger partial charge in [-0.1, -0.05) is 12.1 Å². The van der Waals surface area contributed by atoms with Crippen LogP contribution in [0.4, 0.5) is 0 Å². The summed E-state index contributed by atoms with van der Waals surface area (Å²) in [7, 11) is 0. The van der Waals surface area contributed by atoms with Crippen LogP contribution in [0, 0.1) is 6.92 Å². The van der Waals surface area contributed by atoms with E-state index in [2.05, 4.69) is 0 Å². The average molecular weight is 243 g/mol. The van der Waals surface area contributed by atoms with Gasteiger partial charge in [0.1, 0.15) is 17.2 Å². The number of aromatic hydroxyl groups is 1. The molecule has 0 aliphatic carbocycles. The average Bonchev–Trinajstić information content (AvgIpc) is 2.34. The van der Waals surface area contributed by atoms with E-state index in [1.807, 2.05) is 0 Å². The highest BCUT2D eigenvalue weighted by Crippen LogP contribution is 2.28. The molecule has 0 radical (unpaired) electrons. The molecule has 2 aromatic rings. The van der Waals surface area contributed by atoms with E-state index in [1.165, 1.54) is 6.07 Å². The van der Waals surface area contributed by atoms with Crippen molar-refractivity contribution in [3.8, 4) is 17.2 Å². The second-order valence-corrected chi connectivity index (χ2v) is 3.91. The predicted molar refractivity (Wildman–Crippen MR) is 67.9 cm³/mol. The molecular formula is C14H13NO3. The molecule has 92 valence electrons. The minimum absolute atomic E-state index is 0.200. The third-order valence-electron chi connectivity index (χ3n) is 2.55. The van der Waals surface area contributed by atoms with Crippen molar-refractivity contribution in [1.29, 1.82) is 0 Å². The Morgan fingerprint density at radius 2 is 1.94 bits per heavy atom. The molecule has 1 amide bonds. The lowest BCUT2D eigenvalue weighted by Gasteiger charge is -2.09. The Hall–Kier alpha value is -2.49. The quantitative estimate of drug-likeness (QED) is 0.870. The molecule has 3 N–H and O–H groups in total. The van der Waals surface area contributed by atoms with Gasteiger partial charge in [-0.15, -0.1) is 0 Å². The monoisotopic (exact) mass is 243 g/mol. The fourth-order valence-corrected chi connectivity index (χ4v) is 1.58. The van der Waals surface area contributed by atoms with Gasteiger partial charge in [-0.05, 0) is 42.8 Å². The Kier molecular flexibility index (Phi) is 3.19. The molecular weight excluding hydrogens is 230 g/mol. The lowest BCUT2D eigenvalue weighted by Crippen LogP contribution is -2.11. The van der Waals surface area contributed by atoms with Crippen molar-refractivity contribution < 1.29 is 14.6 Å². The third-order valence-corrected chi connectivity index (χ3v) is 2.55. The summed E-state index contributed by atoms with van der Waals surface area (Å²) in [6.45, 7) is 1.77. The topological polar surface area (TPSA) is 72.5 Å². The molecule has 0 heterocycles. The van der Waals surface area contributed by atoms with Crippen molar-refractivity contribution in [2.45, 2.75) is 6.92 Å². The fraction of sp³-hybridized carbons (Fsp3) is 0.0714. The van der Waals surface area contributed by atoms with Crippen molar-refractivity contribution in [2.24, 2.45) is 5.73 Å². The second kappa shape index (κ2) is 4.79. The van der Waals surface area contributed by atoms with Crippen molar-refractivity contribution in [2.75, 3.05) is 0 Å². The Labute approximate surface area is 105 Å². The highest BCUT2D eigenvalue weighted by Gasteiger charge is 2.09. The van der Waals surface area contributed by atoms with E-state index in [-0.39, 0.29) is 5.75 Å². The number of phenolic OH excluding ortho intramolecular Hbond substituents is 1. The molecule has 0 aliphatic rings. The molecule has 0 spiro atoms. The van der Waals surface area contributed by atoms with E-state index < -0.39 is 5.91 Å². The van der Waals surface area contributed by atoms with Gasteiger partial charge < -0.3 is 15.6 Å². The first kappa shape index (κ1) is 12.0. The highest BCUT2D eigenvalue weighted by molar-refractivity contribution is 5.95. The van der Waals surface area contributed by atoms with E-state index in [9.17, 15) is 9.90 Å². The van der Waals surface area contributed by atoms with Crippen LogP contribution in [0.1, 0.15) is 15.9 Å². The number of ether oxygens (including phenoxy) is 1. The summed E-state index contributed by atoms with van der Waals surface area (Å²) < 4.78 is 5.59. The number of carbonyl (C=O) groups is 1. The molecule has 2 rings (SSSR count). The minimum Gasteiger partial charge on any atom is -0.508 e.